The molecule has 3 N–H and O–H groups in total. The summed E-state index contributed by atoms with van der Waals surface area (Å²) >= 11 is 0. The SMILES string of the molecule is CCOc1cccc(C2C3C(NNC3c3ccccc3O)C(=O)N2CCc2ccc(OC)cc2)c1. The fourth-order valence-electron chi connectivity index (χ4n) is 5.36. The third-order valence-corrected chi connectivity index (χ3v) is 7.00. The van der Waals surface area contributed by atoms with Crippen molar-refractivity contribution in [3.63, 3.8) is 0 Å². The number of hydrazine groups is 1. The predicted octanol–water partition coefficient (Wildman–Crippen LogP) is 3.76. The lowest BCUT2D eigenvalue weighted by Crippen LogP contribution is -2.42. The van der Waals surface area contributed by atoms with E-state index in [1.165, 1.54) is 0 Å². The van der Waals surface area contributed by atoms with Crippen LogP contribution in [0.15, 0.2) is 72.8 Å². The van der Waals surface area contributed by atoms with E-state index in [1.54, 1.807) is 13.2 Å². The van der Waals surface area contributed by atoms with Gasteiger partial charge in [0.1, 0.15) is 23.3 Å². The molecule has 2 heterocycles. The number of para-hydroxylation sites is 1. The van der Waals surface area contributed by atoms with Gasteiger partial charge in [-0.3, -0.25) is 4.79 Å². The molecule has 35 heavy (non-hydrogen) atoms. The summed E-state index contributed by atoms with van der Waals surface area (Å²) in [6.45, 7) is 3.11. The van der Waals surface area contributed by atoms with E-state index in [-0.39, 0.29) is 29.7 Å². The lowest BCUT2D eigenvalue weighted by Gasteiger charge is -2.31. The van der Waals surface area contributed by atoms with E-state index in [0.717, 1.165) is 34.6 Å². The Morgan fingerprint density at radius 3 is 2.46 bits per heavy atom. The van der Waals surface area contributed by atoms with E-state index in [0.29, 0.717) is 13.2 Å². The second-order valence-electron chi connectivity index (χ2n) is 8.96. The molecule has 2 aliphatic rings. The number of likely N-dealkylation sites (tertiary alicyclic amines) is 1. The minimum atomic E-state index is -0.392. The average molecular weight is 474 g/mol. The van der Waals surface area contributed by atoms with E-state index < -0.39 is 6.04 Å². The highest BCUT2D eigenvalue weighted by atomic mass is 16.5. The predicted molar refractivity (Wildman–Crippen MR) is 133 cm³/mol. The minimum absolute atomic E-state index is 0.0562. The van der Waals surface area contributed by atoms with Gasteiger partial charge in [-0.05, 0) is 54.8 Å². The summed E-state index contributed by atoms with van der Waals surface area (Å²) in [5.74, 6) is 1.77. The number of phenols is 1. The molecular formula is C28H31N3O4. The molecular weight excluding hydrogens is 442 g/mol. The van der Waals surface area contributed by atoms with E-state index in [4.69, 9.17) is 9.47 Å². The molecule has 7 heteroatoms. The first-order valence-electron chi connectivity index (χ1n) is 12.1. The van der Waals surface area contributed by atoms with Gasteiger partial charge in [0.05, 0.1) is 25.8 Å². The maximum absolute atomic E-state index is 13.7. The van der Waals surface area contributed by atoms with Crippen molar-refractivity contribution in [2.24, 2.45) is 5.92 Å². The Balaban J connectivity index is 1.49. The van der Waals surface area contributed by atoms with Crippen LogP contribution in [-0.4, -0.2) is 42.2 Å². The molecule has 0 saturated carbocycles. The normalized spacial score (nSPS) is 23.4. The van der Waals surface area contributed by atoms with Crippen LogP contribution in [0.1, 0.15) is 35.7 Å². The van der Waals surface area contributed by atoms with Crippen LogP contribution < -0.4 is 20.3 Å². The number of hydrogen-bond acceptors (Lipinski definition) is 6. The number of nitrogens with zero attached hydrogens (tertiary/aromatic N) is 1. The van der Waals surface area contributed by atoms with Crippen molar-refractivity contribution in [3.05, 3.63) is 89.5 Å². The van der Waals surface area contributed by atoms with Crippen LogP contribution >= 0.6 is 0 Å². The quantitative estimate of drug-likeness (QED) is 0.462. The maximum Gasteiger partial charge on any atom is 0.242 e. The fourth-order valence-corrected chi connectivity index (χ4v) is 5.36. The standard InChI is InChI=1S/C28H31N3O4/c1-3-35-21-8-6-7-19(17-21)27-24-25(22-9-4-5-10-23(22)32)29-30-26(24)28(33)31(27)16-15-18-11-13-20(34-2)14-12-18/h4-14,17,24-27,29-30,32H,3,15-16H2,1-2H3. The topological polar surface area (TPSA) is 83.1 Å². The van der Waals surface area contributed by atoms with Gasteiger partial charge in [-0.15, -0.1) is 0 Å². The number of aromatic hydroxyl groups is 1. The van der Waals surface area contributed by atoms with E-state index in [9.17, 15) is 9.90 Å². The largest absolute Gasteiger partial charge is 0.508 e. The van der Waals surface area contributed by atoms with Crippen molar-refractivity contribution in [2.45, 2.75) is 31.5 Å². The number of carbonyl (C=O) groups is 1. The molecule has 4 atom stereocenters. The second kappa shape index (κ2) is 9.98. The highest BCUT2D eigenvalue weighted by Gasteiger charge is 2.55. The first-order chi connectivity index (χ1) is 17.1. The van der Waals surface area contributed by atoms with Crippen LogP contribution in [0.5, 0.6) is 17.2 Å². The van der Waals surface area contributed by atoms with Crippen molar-refractivity contribution in [1.29, 1.82) is 0 Å². The Morgan fingerprint density at radius 2 is 1.71 bits per heavy atom. The Morgan fingerprint density at radius 1 is 0.943 bits per heavy atom. The molecule has 0 bridgehead atoms. The van der Waals surface area contributed by atoms with E-state index >= 15 is 0 Å². The van der Waals surface area contributed by atoms with Gasteiger partial charge < -0.3 is 19.5 Å². The summed E-state index contributed by atoms with van der Waals surface area (Å²) in [5, 5.41) is 10.6. The zero-order valence-corrected chi connectivity index (χ0v) is 20.0. The molecule has 5 rings (SSSR count). The number of fused-ring (bicyclic) bond motifs is 1. The van der Waals surface area contributed by atoms with E-state index in [1.807, 2.05) is 72.5 Å². The molecule has 2 aliphatic heterocycles. The van der Waals surface area contributed by atoms with Gasteiger partial charge >= 0.3 is 0 Å². The lowest BCUT2D eigenvalue weighted by atomic mass is 9.83. The van der Waals surface area contributed by atoms with Gasteiger partial charge in [0, 0.05) is 18.0 Å². The van der Waals surface area contributed by atoms with Crippen LogP contribution in [0.2, 0.25) is 0 Å². The van der Waals surface area contributed by atoms with Gasteiger partial charge in [0.25, 0.3) is 0 Å². The third kappa shape index (κ3) is 4.45. The third-order valence-electron chi connectivity index (χ3n) is 7.00. The summed E-state index contributed by atoms with van der Waals surface area (Å²) < 4.78 is 11.0. The summed E-state index contributed by atoms with van der Waals surface area (Å²) in [6, 6.07) is 22.5. The maximum atomic E-state index is 13.7. The molecule has 3 aromatic carbocycles. The molecule has 0 radical (unpaired) electrons. The van der Waals surface area contributed by atoms with Crippen LogP contribution in [0.4, 0.5) is 0 Å². The number of methoxy groups -OCH3 is 1. The number of benzene rings is 3. The summed E-state index contributed by atoms with van der Waals surface area (Å²) in [4.78, 5) is 15.7. The Hall–Kier alpha value is -3.55. The zero-order valence-electron chi connectivity index (χ0n) is 20.0. The van der Waals surface area contributed by atoms with E-state index in [2.05, 4.69) is 16.9 Å². The average Bonchev–Trinajstić information content (AvgIpc) is 3.42. The second-order valence-corrected chi connectivity index (χ2v) is 8.96. The number of carbonyl (C=O) groups excluding carboxylic acids is 1. The van der Waals surface area contributed by atoms with Gasteiger partial charge in [-0.2, -0.15) is 0 Å². The molecule has 1 amide bonds. The molecule has 7 nitrogen and oxygen atoms in total. The Kier molecular flexibility index (Phi) is 6.61. The molecule has 3 aromatic rings. The lowest BCUT2D eigenvalue weighted by molar-refractivity contribution is -0.130. The number of rotatable bonds is 8. The van der Waals surface area contributed by atoms with Crippen molar-refractivity contribution in [3.8, 4) is 17.2 Å². The molecule has 182 valence electrons. The zero-order chi connectivity index (χ0) is 24.4. The van der Waals surface area contributed by atoms with Crippen LogP contribution in [0, 0.1) is 5.92 Å². The highest BCUT2D eigenvalue weighted by molar-refractivity contribution is 5.86. The number of ether oxygens (including phenoxy) is 2. The highest BCUT2D eigenvalue weighted by Crippen LogP contribution is 2.48. The first-order valence-corrected chi connectivity index (χ1v) is 12.1. The molecule has 0 aromatic heterocycles. The number of phenolic OH excluding ortho intramolecular Hbond substituents is 1. The summed E-state index contributed by atoms with van der Waals surface area (Å²) in [5.41, 5.74) is 9.46. The van der Waals surface area contributed by atoms with Crippen molar-refractivity contribution >= 4 is 5.91 Å². The summed E-state index contributed by atoms with van der Waals surface area (Å²) in [7, 11) is 1.65. The number of hydrogen-bond donors (Lipinski definition) is 3. The number of nitrogens with one attached hydrogen (secondary N) is 2. The molecule has 2 saturated heterocycles. The van der Waals surface area contributed by atoms with Gasteiger partial charge in [0.15, 0.2) is 0 Å². The van der Waals surface area contributed by atoms with Gasteiger partial charge in [-0.25, -0.2) is 10.9 Å². The van der Waals surface area contributed by atoms with Gasteiger partial charge in [0.2, 0.25) is 5.91 Å². The first kappa shape index (κ1) is 23.2. The van der Waals surface area contributed by atoms with Gasteiger partial charge in [-0.1, -0.05) is 42.5 Å². The molecule has 0 spiro atoms. The van der Waals surface area contributed by atoms with Crippen LogP contribution in [0.25, 0.3) is 0 Å². The molecule has 2 fully saturated rings. The van der Waals surface area contributed by atoms with Crippen molar-refractivity contribution in [1.82, 2.24) is 15.8 Å². The smallest absolute Gasteiger partial charge is 0.242 e. The minimum Gasteiger partial charge on any atom is -0.508 e. The van der Waals surface area contributed by atoms with Crippen molar-refractivity contribution in [2.75, 3.05) is 20.3 Å². The Bertz CT molecular complexity index is 1180. The fraction of sp³-hybridized carbons (Fsp3) is 0.321. The monoisotopic (exact) mass is 473 g/mol. The number of amides is 1. The molecule has 4 unspecified atom stereocenters. The van der Waals surface area contributed by atoms with Crippen LogP contribution in [-0.2, 0) is 11.2 Å². The molecule has 0 aliphatic carbocycles. The summed E-state index contributed by atoms with van der Waals surface area (Å²) in [6.07, 6.45) is 0.728. The Labute approximate surface area is 205 Å². The van der Waals surface area contributed by atoms with Crippen LogP contribution in [0.3, 0.4) is 0 Å². The van der Waals surface area contributed by atoms with Crippen molar-refractivity contribution < 1.29 is 19.4 Å².